The molecule has 3 rings (SSSR count). The van der Waals surface area contributed by atoms with E-state index < -0.39 is 0 Å². The minimum Gasteiger partial charge on any atom is -0.296 e. The van der Waals surface area contributed by atoms with Gasteiger partial charge in [0, 0.05) is 11.9 Å². The van der Waals surface area contributed by atoms with Gasteiger partial charge in [-0.15, -0.1) is 10.2 Å². The minimum absolute atomic E-state index is 0.160. The van der Waals surface area contributed by atoms with Crippen LogP contribution >= 0.6 is 34.7 Å². The minimum atomic E-state index is -0.348. The highest BCUT2D eigenvalue weighted by Gasteiger charge is 2.13. The maximum absolute atomic E-state index is 12.1. The Labute approximate surface area is 146 Å². The lowest BCUT2D eigenvalue weighted by atomic mass is 10.2. The summed E-state index contributed by atoms with van der Waals surface area (Å²) in [6.45, 7) is 0. The van der Waals surface area contributed by atoms with Gasteiger partial charge in [0.25, 0.3) is 5.91 Å². The third-order valence-electron chi connectivity index (χ3n) is 2.84. The predicted octanol–water partition coefficient (Wildman–Crippen LogP) is 4.13. The van der Waals surface area contributed by atoms with Gasteiger partial charge in [-0.1, -0.05) is 65.0 Å². The van der Waals surface area contributed by atoms with Crippen LogP contribution in [0.4, 0.5) is 5.13 Å². The van der Waals surface area contributed by atoms with Gasteiger partial charge in [-0.3, -0.25) is 10.1 Å². The molecular formula is C15H11ClN4OS2. The van der Waals surface area contributed by atoms with Crippen molar-refractivity contribution in [3.63, 3.8) is 0 Å². The molecule has 0 aliphatic carbocycles. The number of anilines is 1. The van der Waals surface area contributed by atoms with Crippen molar-refractivity contribution in [2.24, 2.45) is 0 Å². The second-order valence-corrected chi connectivity index (χ2v) is 7.00. The molecule has 0 atom stereocenters. The number of nitrogens with one attached hydrogen (secondary N) is 1. The molecule has 2 heterocycles. The predicted molar refractivity (Wildman–Crippen MR) is 93.1 cm³/mol. The van der Waals surface area contributed by atoms with E-state index in [0.717, 1.165) is 10.1 Å². The third-order valence-corrected chi connectivity index (χ3v) is 5.18. The van der Waals surface area contributed by atoms with Gasteiger partial charge in [-0.2, -0.15) is 0 Å². The van der Waals surface area contributed by atoms with Crippen LogP contribution in [-0.4, -0.2) is 21.1 Å². The molecular weight excluding hydrogens is 352 g/mol. The van der Waals surface area contributed by atoms with E-state index in [0.29, 0.717) is 10.7 Å². The molecule has 1 amide bonds. The van der Waals surface area contributed by atoms with Crippen LogP contribution in [0.25, 0.3) is 0 Å². The third kappa shape index (κ3) is 4.28. The first kappa shape index (κ1) is 15.9. The summed E-state index contributed by atoms with van der Waals surface area (Å²) in [5.74, 6) is 0.455. The van der Waals surface area contributed by atoms with E-state index in [1.165, 1.54) is 23.1 Å². The molecule has 23 heavy (non-hydrogen) atoms. The highest BCUT2D eigenvalue weighted by atomic mass is 35.5. The molecule has 1 aromatic carbocycles. The molecule has 0 radical (unpaired) electrons. The fourth-order valence-electron chi connectivity index (χ4n) is 1.76. The Kier molecular flexibility index (Phi) is 5.22. The molecule has 0 aliphatic rings. The molecule has 0 saturated heterocycles. The van der Waals surface area contributed by atoms with Crippen LogP contribution in [0.5, 0.6) is 0 Å². The Morgan fingerprint density at radius 3 is 2.78 bits per heavy atom. The summed E-state index contributed by atoms with van der Waals surface area (Å²) < 4.78 is 0.793. The Bertz CT molecular complexity index is 810. The van der Waals surface area contributed by atoms with Crippen molar-refractivity contribution in [2.75, 3.05) is 5.32 Å². The van der Waals surface area contributed by atoms with Crippen molar-refractivity contribution in [3.05, 3.63) is 64.9 Å². The number of amides is 1. The molecule has 0 unspecified atom stereocenters. The Morgan fingerprint density at radius 2 is 2.00 bits per heavy atom. The summed E-state index contributed by atoms with van der Waals surface area (Å²) in [7, 11) is 0. The molecule has 0 fully saturated rings. The molecule has 0 spiro atoms. The van der Waals surface area contributed by atoms with Gasteiger partial charge >= 0.3 is 0 Å². The second-order valence-electron chi connectivity index (χ2n) is 4.44. The van der Waals surface area contributed by atoms with Crippen LogP contribution < -0.4 is 5.32 Å². The van der Waals surface area contributed by atoms with Crippen molar-refractivity contribution in [1.29, 1.82) is 0 Å². The smallest absolute Gasteiger partial charge is 0.260 e. The number of hydrogen-bond donors (Lipinski definition) is 1. The van der Waals surface area contributed by atoms with E-state index in [9.17, 15) is 4.79 Å². The summed E-state index contributed by atoms with van der Waals surface area (Å²) in [5, 5.41) is 11.3. The quantitative estimate of drug-likeness (QED) is 0.420. The lowest BCUT2D eigenvalue weighted by Crippen LogP contribution is -2.12. The van der Waals surface area contributed by atoms with Gasteiger partial charge in [-0.25, -0.2) is 4.98 Å². The van der Waals surface area contributed by atoms with Crippen LogP contribution in [0.3, 0.4) is 0 Å². The normalized spacial score (nSPS) is 10.5. The summed E-state index contributed by atoms with van der Waals surface area (Å²) in [5.41, 5.74) is 1.52. The molecule has 2 aromatic heterocycles. The molecule has 116 valence electrons. The molecule has 0 saturated carbocycles. The average Bonchev–Trinajstić information content (AvgIpc) is 3.02. The molecule has 5 nitrogen and oxygen atoms in total. The maximum Gasteiger partial charge on any atom is 0.260 e. The zero-order chi connectivity index (χ0) is 16.1. The second kappa shape index (κ2) is 7.54. The molecule has 1 N–H and O–H groups in total. The van der Waals surface area contributed by atoms with Crippen molar-refractivity contribution < 1.29 is 4.79 Å². The van der Waals surface area contributed by atoms with Crippen LogP contribution in [0.15, 0.2) is 53.0 Å². The molecule has 3 aromatic rings. The van der Waals surface area contributed by atoms with Gasteiger partial charge in [0.1, 0.15) is 5.15 Å². The first-order chi connectivity index (χ1) is 11.2. The summed E-state index contributed by atoms with van der Waals surface area (Å²) in [6.07, 6.45) is 1.53. The van der Waals surface area contributed by atoms with Crippen LogP contribution in [-0.2, 0) is 5.75 Å². The Balaban J connectivity index is 1.61. The van der Waals surface area contributed by atoms with Crippen LogP contribution in [0.2, 0.25) is 5.15 Å². The Hall–Kier alpha value is -1.96. The first-order valence-corrected chi connectivity index (χ1v) is 8.82. The van der Waals surface area contributed by atoms with E-state index >= 15 is 0 Å². The van der Waals surface area contributed by atoms with Crippen molar-refractivity contribution in [1.82, 2.24) is 15.2 Å². The highest BCUT2D eigenvalue weighted by molar-refractivity contribution is 8.00. The van der Waals surface area contributed by atoms with E-state index in [2.05, 4.69) is 32.6 Å². The number of pyridine rings is 1. The number of hydrogen-bond acceptors (Lipinski definition) is 6. The van der Waals surface area contributed by atoms with Gasteiger partial charge in [0.15, 0.2) is 4.34 Å². The van der Waals surface area contributed by atoms with Crippen molar-refractivity contribution in [3.8, 4) is 0 Å². The Morgan fingerprint density at radius 1 is 1.17 bits per heavy atom. The summed E-state index contributed by atoms with van der Waals surface area (Å²) in [6, 6.07) is 13.4. The largest absolute Gasteiger partial charge is 0.296 e. The topological polar surface area (TPSA) is 67.8 Å². The number of rotatable bonds is 5. The monoisotopic (exact) mass is 362 g/mol. The molecule has 0 aliphatic heterocycles. The fourth-order valence-corrected chi connectivity index (χ4v) is 3.67. The first-order valence-electron chi connectivity index (χ1n) is 6.64. The number of carbonyl (C=O) groups excluding carboxylic acids is 1. The number of thioether (sulfide) groups is 1. The van der Waals surface area contributed by atoms with Crippen molar-refractivity contribution >= 4 is 45.7 Å². The zero-order valence-electron chi connectivity index (χ0n) is 11.8. The van der Waals surface area contributed by atoms with Crippen LogP contribution in [0.1, 0.15) is 15.9 Å². The molecule has 8 heteroatoms. The maximum atomic E-state index is 12.1. The number of benzene rings is 1. The van der Waals surface area contributed by atoms with E-state index in [-0.39, 0.29) is 11.1 Å². The van der Waals surface area contributed by atoms with Gasteiger partial charge < -0.3 is 0 Å². The van der Waals surface area contributed by atoms with E-state index in [4.69, 9.17) is 11.6 Å². The van der Waals surface area contributed by atoms with E-state index in [1.807, 2.05) is 18.2 Å². The van der Waals surface area contributed by atoms with Crippen LogP contribution in [0, 0.1) is 0 Å². The summed E-state index contributed by atoms with van der Waals surface area (Å²) in [4.78, 5) is 16.0. The molecule has 0 bridgehead atoms. The van der Waals surface area contributed by atoms with Gasteiger partial charge in [-0.05, 0) is 17.7 Å². The zero-order valence-corrected chi connectivity index (χ0v) is 14.2. The standard InChI is InChI=1S/C15H11ClN4OS2/c16-12-11(7-4-8-17-12)13(21)18-14-19-20-15(23-14)22-9-10-5-2-1-3-6-10/h1-8H,9H2,(H,18,19,21). The fraction of sp³-hybridized carbons (Fsp3) is 0.0667. The number of halogens is 1. The van der Waals surface area contributed by atoms with E-state index in [1.54, 1.807) is 23.9 Å². The number of aromatic nitrogens is 3. The number of nitrogens with zero attached hydrogens (tertiary/aromatic N) is 3. The van der Waals surface area contributed by atoms with Crippen molar-refractivity contribution in [2.45, 2.75) is 10.1 Å². The highest BCUT2D eigenvalue weighted by Crippen LogP contribution is 2.28. The lowest BCUT2D eigenvalue weighted by molar-refractivity contribution is 0.102. The lowest BCUT2D eigenvalue weighted by Gasteiger charge is -2.01. The van der Waals surface area contributed by atoms with Gasteiger partial charge in [0.2, 0.25) is 5.13 Å². The summed E-state index contributed by atoms with van der Waals surface area (Å²) >= 11 is 8.80. The van der Waals surface area contributed by atoms with Gasteiger partial charge in [0.05, 0.1) is 5.56 Å². The SMILES string of the molecule is O=C(Nc1nnc(SCc2ccccc2)s1)c1cccnc1Cl. The average molecular weight is 363 g/mol. The number of carbonyl (C=O) groups is 1.